The zero-order valence-electron chi connectivity index (χ0n) is 10.7. The fourth-order valence-electron chi connectivity index (χ4n) is 1.67. The van der Waals surface area contributed by atoms with Crippen LogP contribution in [0.5, 0.6) is 0 Å². The van der Waals surface area contributed by atoms with Gasteiger partial charge in [-0.3, -0.25) is 5.32 Å². The standard InChI is InChI=1S/C14H14BrN3O/c1-9-3-5-12(10(2)7-9)17-14(19)18-13-6-4-11(15)8-16-13/h3-8H,1-2H3,(H2,16,17,18,19). The summed E-state index contributed by atoms with van der Waals surface area (Å²) in [6, 6.07) is 9.11. The zero-order valence-corrected chi connectivity index (χ0v) is 12.3. The van der Waals surface area contributed by atoms with Crippen LogP contribution >= 0.6 is 15.9 Å². The number of halogens is 1. The van der Waals surface area contributed by atoms with E-state index < -0.39 is 0 Å². The molecule has 1 aromatic carbocycles. The molecule has 0 saturated heterocycles. The molecule has 0 atom stereocenters. The minimum Gasteiger partial charge on any atom is -0.307 e. The van der Waals surface area contributed by atoms with Crippen molar-refractivity contribution < 1.29 is 4.79 Å². The van der Waals surface area contributed by atoms with Crippen LogP contribution in [-0.2, 0) is 0 Å². The topological polar surface area (TPSA) is 54.0 Å². The Hall–Kier alpha value is -1.88. The van der Waals surface area contributed by atoms with E-state index in [-0.39, 0.29) is 6.03 Å². The van der Waals surface area contributed by atoms with Gasteiger partial charge in [0, 0.05) is 16.4 Å². The first kappa shape index (κ1) is 13.5. The summed E-state index contributed by atoms with van der Waals surface area (Å²) < 4.78 is 0.868. The second-order valence-electron chi connectivity index (χ2n) is 4.26. The van der Waals surface area contributed by atoms with Gasteiger partial charge in [-0.2, -0.15) is 0 Å². The van der Waals surface area contributed by atoms with E-state index in [4.69, 9.17) is 0 Å². The SMILES string of the molecule is Cc1ccc(NC(=O)Nc2ccc(Br)cn2)c(C)c1. The summed E-state index contributed by atoms with van der Waals surface area (Å²) >= 11 is 3.29. The number of amides is 2. The van der Waals surface area contributed by atoms with E-state index in [0.29, 0.717) is 5.82 Å². The molecular formula is C14H14BrN3O. The smallest absolute Gasteiger partial charge is 0.307 e. The molecule has 4 nitrogen and oxygen atoms in total. The molecule has 1 heterocycles. The quantitative estimate of drug-likeness (QED) is 0.875. The Kier molecular flexibility index (Phi) is 4.16. The fraction of sp³-hybridized carbons (Fsp3) is 0.143. The van der Waals surface area contributed by atoms with E-state index >= 15 is 0 Å². The van der Waals surface area contributed by atoms with Gasteiger partial charge in [-0.05, 0) is 53.5 Å². The number of anilines is 2. The summed E-state index contributed by atoms with van der Waals surface area (Å²) in [5.41, 5.74) is 2.98. The molecule has 2 rings (SSSR count). The molecule has 2 aromatic rings. The number of benzene rings is 1. The van der Waals surface area contributed by atoms with Gasteiger partial charge < -0.3 is 5.32 Å². The molecular weight excluding hydrogens is 306 g/mol. The Bertz CT molecular complexity index is 596. The number of carbonyl (C=O) groups is 1. The summed E-state index contributed by atoms with van der Waals surface area (Å²) in [5.74, 6) is 0.505. The highest BCUT2D eigenvalue weighted by molar-refractivity contribution is 9.10. The highest BCUT2D eigenvalue weighted by Crippen LogP contribution is 2.16. The van der Waals surface area contributed by atoms with E-state index in [9.17, 15) is 4.79 Å². The molecule has 0 bridgehead atoms. The number of hydrogen-bond donors (Lipinski definition) is 2. The minimum absolute atomic E-state index is 0.304. The highest BCUT2D eigenvalue weighted by Gasteiger charge is 2.05. The first-order valence-electron chi connectivity index (χ1n) is 5.81. The first-order valence-corrected chi connectivity index (χ1v) is 6.61. The lowest BCUT2D eigenvalue weighted by Gasteiger charge is -2.10. The van der Waals surface area contributed by atoms with Crippen LogP contribution in [0.4, 0.5) is 16.3 Å². The van der Waals surface area contributed by atoms with Crippen LogP contribution in [0.25, 0.3) is 0 Å². The van der Waals surface area contributed by atoms with Crippen LogP contribution in [0.15, 0.2) is 41.0 Å². The summed E-state index contributed by atoms with van der Waals surface area (Å²) in [7, 11) is 0. The van der Waals surface area contributed by atoms with Crippen molar-refractivity contribution in [2.75, 3.05) is 10.6 Å². The van der Waals surface area contributed by atoms with Crippen molar-refractivity contribution in [2.45, 2.75) is 13.8 Å². The third-order valence-corrected chi connectivity index (χ3v) is 3.07. The molecule has 2 N–H and O–H groups in total. The third kappa shape index (κ3) is 3.79. The number of nitrogens with zero attached hydrogens (tertiary/aromatic N) is 1. The monoisotopic (exact) mass is 319 g/mol. The van der Waals surface area contributed by atoms with E-state index in [1.165, 1.54) is 0 Å². The van der Waals surface area contributed by atoms with Crippen molar-refractivity contribution in [1.29, 1.82) is 0 Å². The van der Waals surface area contributed by atoms with Gasteiger partial charge in [0.05, 0.1) is 0 Å². The molecule has 0 aliphatic heterocycles. The van der Waals surface area contributed by atoms with Gasteiger partial charge in [-0.1, -0.05) is 17.7 Å². The molecule has 0 fully saturated rings. The van der Waals surface area contributed by atoms with Crippen molar-refractivity contribution in [1.82, 2.24) is 4.98 Å². The van der Waals surface area contributed by atoms with Gasteiger partial charge in [0.15, 0.2) is 0 Å². The number of rotatable bonds is 2. The zero-order chi connectivity index (χ0) is 13.8. The van der Waals surface area contributed by atoms with Gasteiger partial charge in [0.1, 0.15) is 5.82 Å². The predicted octanol–water partition coefficient (Wildman–Crippen LogP) is 4.10. The average Bonchev–Trinajstić information content (AvgIpc) is 2.36. The highest BCUT2D eigenvalue weighted by atomic mass is 79.9. The lowest BCUT2D eigenvalue weighted by molar-refractivity contribution is 0.262. The van der Waals surface area contributed by atoms with Crippen LogP contribution in [0, 0.1) is 13.8 Å². The molecule has 0 spiro atoms. The molecule has 98 valence electrons. The van der Waals surface area contributed by atoms with E-state index in [1.807, 2.05) is 38.1 Å². The molecule has 1 aromatic heterocycles. The number of pyridine rings is 1. The molecule has 19 heavy (non-hydrogen) atoms. The van der Waals surface area contributed by atoms with Crippen LogP contribution in [0.3, 0.4) is 0 Å². The van der Waals surface area contributed by atoms with Crippen LogP contribution in [0.1, 0.15) is 11.1 Å². The average molecular weight is 320 g/mol. The molecule has 0 unspecified atom stereocenters. The largest absolute Gasteiger partial charge is 0.324 e. The third-order valence-electron chi connectivity index (χ3n) is 2.60. The van der Waals surface area contributed by atoms with Gasteiger partial charge in [-0.15, -0.1) is 0 Å². The Morgan fingerprint density at radius 3 is 2.58 bits per heavy atom. The maximum Gasteiger partial charge on any atom is 0.324 e. The lowest BCUT2D eigenvalue weighted by atomic mass is 10.1. The fourth-order valence-corrected chi connectivity index (χ4v) is 1.91. The summed E-state index contributed by atoms with van der Waals surface area (Å²) in [6.45, 7) is 3.98. The van der Waals surface area contributed by atoms with Gasteiger partial charge in [-0.25, -0.2) is 9.78 Å². The van der Waals surface area contributed by atoms with E-state index in [0.717, 1.165) is 21.3 Å². The number of nitrogens with one attached hydrogen (secondary N) is 2. The molecule has 0 aliphatic rings. The normalized spacial score (nSPS) is 10.1. The van der Waals surface area contributed by atoms with Crippen LogP contribution < -0.4 is 10.6 Å². The summed E-state index contributed by atoms with van der Waals surface area (Å²) in [6.07, 6.45) is 1.63. The van der Waals surface area contributed by atoms with Gasteiger partial charge in [0.25, 0.3) is 0 Å². The predicted molar refractivity (Wildman–Crippen MR) is 80.5 cm³/mol. The minimum atomic E-state index is -0.304. The maximum atomic E-state index is 11.8. The van der Waals surface area contributed by atoms with Crippen molar-refractivity contribution >= 4 is 33.5 Å². The Labute approximate surface area is 120 Å². The van der Waals surface area contributed by atoms with Crippen molar-refractivity contribution in [3.63, 3.8) is 0 Å². The number of aromatic nitrogens is 1. The maximum absolute atomic E-state index is 11.8. The Morgan fingerprint density at radius 1 is 1.16 bits per heavy atom. The summed E-state index contributed by atoms with van der Waals surface area (Å²) in [4.78, 5) is 15.9. The van der Waals surface area contributed by atoms with Gasteiger partial charge >= 0.3 is 6.03 Å². The van der Waals surface area contributed by atoms with Gasteiger partial charge in [0.2, 0.25) is 0 Å². The van der Waals surface area contributed by atoms with E-state index in [1.54, 1.807) is 12.3 Å². The second-order valence-corrected chi connectivity index (χ2v) is 5.17. The number of aryl methyl sites for hydroxylation is 2. The summed E-state index contributed by atoms with van der Waals surface area (Å²) in [5, 5.41) is 5.48. The van der Waals surface area contributed by atoms with Crippen molar-refractivity contribution in [3.8, 4) is 0 Å². The molecule has 2 amide bonds. The van der Waals surface area contributed by atoms with Crippen LogP contribution in [0.2, 0.25) is 0 Å². The number of urea groups is 1. The molecule has 0 radical (unpaired) electrons. The van der Waals surface area contributed by atoms with E-state index in [2.05, 4.69) is 31.5 Å². The molecule has 0 aliphatic carbocycles. The number of hydrogen-bond acceptors (Lipinski definition) is 2. The van der Waals surface area contributed by atoms with Crippen LogP contribution in [-0.4, -0.2) is 11.0 Å². The first-order chi connectivity index (χ1) is 9.04. The number of carbonyl (C=O) groups excluding carboxylic acids is 1. The lowest BCUT2D eigenvalue weighted by Crippen LogP contribution is -2.20. The van der Waals surface area contributed by atoms with Crippen molar-refractivity contribution in [3.05, 3.63) is 52.1 Å². The Morgan fingerprint density at radius 2 is 1.95 bits per heavy atom. The second kappa shape index (κ2) is 5.84. The molecule has 5 heteroatoms. The Balaban J connectivity index is 2.03. The van der Waals surface area contributed by atoms with Crippen molar-refractivity contribution in [2.24, 2.45) is 0 Å². The molecule has 0 saturated carbocycles.